The molecule has 0 atom stereocenters. The second kappa shape index (κ2) is 5.93. The molecule has 0 radical (unpaired) electrons. The Balaban J connectivity index is 2.04. The number of halogens is 1. The Labute approximate surface area is 110 Å². The molecule has 94 valence electrons. The fraction of sp³-hybridized carbons (Fsp3) is 0.231. The third-order valence-corrected chi connectivity index (χ3v) is 3.50. The summed E-state index contributed by atoms with van der Waals surface area (Å²) >= 11 is 1.51. The van der Waals surface area contributed by atoms with Crippen molar-refractivity contribution in [1.29, 1.82) is 0 Å². The molecule has 0 saturated heterocycles. The van der Waals surface area contributed by atoms with Crippen LogP contribution in [0.15, 0.2) is 35.4 Å². The molecular formula is C13H14FN3S. The maximum Gasteiger partial charge on any atom is 0.138 e. The molecule has 1 aromatic heterocycles. The highest BCUT2D eigenvalue weighted by molar-refractivity contribution is 7.98. The lowest BCUT2D eigenvalue weighted by atomic mass is 10.2. The van der Waals surface area contributed by atoms with Gasteiger partial charge in [0.2, 0.25) is 0 Å². The van der Waals surface area contributed by atoms with Crippen molar-refractivity contribution >= 4 is 11.8 Å². The van der Waals surface area contributed by atoms with E-state index in [4.69, 9.17) is 5.73 Å². The van der Waals surface area contributed by atoms with E-state index in [1.54, 1.807) is 12.3 Å². The number of aromatic nitrogens is 2. The molecule has 3 nitrogen and oxygen atoms in total. The summed E-state index contributed by atoms with van der Waals surface area (Å²) in [4.78, 5) is 9.49. The molecule has 18 heavy (non-hydrogen) atoms. The summed E-state index contributed by atoms with van der Waals surface area (Å²) in [5.74, 6) is 1.13. The summed E-state index contributed by atoms with van der Waals surface area (Å²) in [5.41, 5.74) is 7.41. The Hall–Kier alpha value is -1.46. The highest BCUT2D eigenvalue weighted by Gasteiger charge is 2.03. The molecule has 0 aliphatic carbocycles. The number of aryl methyl sites for hydroxylation is 1. The molecule has 2 rings (SSSR count). The number of nitrogens with two attached hydrogens (primary N) is 1. The van der Waals surface area contributed by atoms with Crippen molar-refractivity contribution in [3.8, 4) is 0 Å². The topological polar surface area (TPSA) is 51.8 Å². The highest BCUT2D eigenvalue weighted by Crippen LogP contribution is 2.22. The molecule has 5 heteroatoms. The Morgan fingerprint density at radius 3 is 2.89 bits per heavy atom. The van der Waals surface area contributed by atoms with E-state index in [1.807, 2.05) is 13.0 Å². The smallest absolute Gasteiger partial charge is 0.138 e. The summed E-state index contributed by atoms with van der Waals surface area (Å²) in [5, 5.41) is 0. The van der Waals surface area contributed by atoms with Crippen LogP contribution in [0, 0.1) is 12.7 Å². The Morgan fingerprint density at radius 1 is 1.39 bits per heavy atom. The second-order valence-electron chi connectivity index (χ2n) is 3.85. The van der Waals surface area contributed by atoms with Crippen molar-refractivity contribution in [3.05, 3.63) is 53.4 Å². The summed E-state index contributed by atoms with van der Waals surface area (Å²) in [6.45, 7) is 2.36. The monoisotopic (exact) mass is 263 g/mol. The molecule has 0 aliphatic heterocycles. The molecule has 0 saturated carbocycles. The first kappa shape index (κ1) is 13.0. The van der Waals surface area contributed by atoms with Gasteiger partial charge in [-0.25, -0.2) is 14.4 Å². The van der Waals surface area contributed by atoms with E-state index in [2.05, 4.69) is 9.97 Å². The van der Waals surface area contributed by atoms with Gasteiger partial charge in [0.15, 0.2) is 0 Å². The lowest BCUT2D eigenvalue weighted by Crippen LogP contribution is -2.04. The summed E-state index contributed by atoms with van der Waals surface area (Å²) in [6, 6.07) is 6.50. The first-order chi connectivity index (χ1) is 8.69. The van der Waals surface area contributed by atoms with Crippen molar-refractivity contribution in [1.82, 2.24) is 9.97 Å². The van der Waals surface area contributed by atoms with Crippen molar-refractivity contribution in [2.24, 2.45) is 5.73 Å². The first-order valence-electron chi connectivity index (χ1n) is 5.59. The van der Waals surface area contributed by atoms with E-state index < -0.39 is 0 Å². The van der Waals surface area contributed by atoms with Crippen molar-refractivity contribution < 1.29 is 4.39 Å². The lowest BCUT2D eigenvalue weighted by Gasteiger charge is -2.05. The SMILES string of the molecule is Cc1nc(CSc2cccc(F)c2)ncc1CN. The van der Waals surface area contributed by atoms with Crippen LogP contribution in [0.1, 0.15) is 17.1 Å². The third kappa shape index (κ3) is 3.27. The Morgan fingerprint density at radius 2 is 2.22 bits per heavy atom. The van der Waals surface area contributed by atoms with Gasteiger partial charge < -0.3 is 5.73 Å². The van der Waals surface area contributed by atoms with Crippen LogP contribution < -0.4 is 5.73 Å². The maximum atomic E-state index is 13.0. The molecule has 0 bridgehead atoms. The summed E-state index contributed by atoms with van der Waals surface area (Å²) in [7, 11) is 0. The number of benzene rings is 1. The minimum atomic E-state index is -0.226. The van der Waals surface area contributed by atoms with Crippen LogP contribution in [0.25, 0.3) is 0 Å². The molecule has 0 amide bonds. The normalized spacial score (nSPS) is 10.6. The van der Waals surface area contributed by atoms with Crippen LogP contribution in [0.3, 0.4) is 0 Å². The second-order valence-corrected chi connectivity index (χ2v) is 4.90. The van der Waals surface area contributed by atoms with Gasteiger partial charge in [-0.3, -0.25) is 0 Å². The Bertz CT molecular complexity index is 546. The predicted molar refractivity (Wildman–Crippen MR) is 70.6 cm³/mol. The van der Waals surface area contributed by atoms with Gasteiger partial charge in [0, 0.05) is 28.9 Å². The molecule has 2 N–H and O–H groups in total. The van der Waals surface area contributed by atoms with E-state index in [-0.39, 0.29) is 5.82 Å². The number of nitrogens with zero attached hydrogens (tertiary/aromatic N) is 2. The first-order valence-corrected chi connectivity index (χ1v) is 6.57. The fourth-order valence-corrected chi connectivity index (χ4v) is 2.32. The van der Waals surface area contributed by atoms with Crippen molar-refractivity contribution in [2.45, 2.75) is 24.1 Å². The number of rotatable bonds is 4. The predicted octanol–water partition coefficient (Wildman–Crippen LogP) is 2.68. The molecular weight excluding hydrogens is 249 g/mol. The van der Waals surface area contributed by atoms with Gasteiger partial charge >= 0.3 is 0 Å². The molecule has 2 aromatic rings. The van der Waals surface area contributed by atoms with Gasteiger partial charge in [-0.15, -0.1) is 11.8 Å². The van der Waals surface area contributed by atoms with Gasteiger partial charge in [-0.2, -0.15) is 0 Å². The number of thioether (sulfide) groups is 1. The Kier molecular flexibility index (Phi) is 4.28. The average Bonchev–Trinajstić information content (AvgIpc) is 2.37. The van der Waals surface area contributed by atoms with Crippen LogP contribution in [-0.4, -0.2) is 9.97 Å². The molecule has 0 unspecified atom stereocenters. The van der Waals surface area contributed by atoms with Crippen molar-refractivity contribution in [2.75, 3.05) is 0 Å². The van der Waals surface area contributed by atoms with E-state index in [0.29, 0.717) is 12.3 Å². The zero-order valence-corrected chi connectivity index (χ0v) is 10.9. The van der Waals surface area contributed by atoms with Gasteiger partial charge in [-0.05, 0) is 25.1 Å². The average molecular weight is 263 g/mol. The quantitative estimate of drug-likeness (QED) is 0.862. The maximum absolute atomic E-state index is 13.0. The zero-order valence-electron chi connectivity index (χ0n) is 10.1. The molecule has 0 aliphatic rings. The van der Waals surface area contributed by atoms with Crippen molar-refractivity contribution in [3.63, 3.8) is 0 Å². The van der Waals surface area contributed by atoms with Gasteiger partial charge in [0.1, 0.15) is 11.6 Å². The van der Waals surface area contributed by atoms with Crippen LogP contribution in [0.5, 0.6) is 0 Å². The molecule has 1 heterocycles. The van der Waals surface area contributed by atoms with E-state index in [1.165, 1.54) is 23.9 Å². The van der Waals surface area contributed by atoms with Crippen LogP contribution in [0.2, 0.25) is 0 Å². The standard InChI is InChI=1S/C13H14FN3S/c1-9-10(6-15)7-16-13(17-9)8-18-12-4-2-3-11(14)5-12/h2-5,7H,6,8,15H2,1H3. The minimum absolute atomic E-state index is 0.226. The van der Waals surface area contributed by atoms with E-state index in [9.17, 15) is 4.39 Å². The molecule has 0 fully saturated rings. The third-order valence-electron chi connectivity index (χ3n) is 2.51. The number of hydrogen-bond donors (Lipinski definition) is 1. The lowest BCUT2D eigenvalue weighted by molar-refractivity contribution is 0.624. The molecule has 0 spiro atoms. The molecule has 1 aromatic carbocycles. The van der Waals surface area contributed by atoms with Crippen LogP contribution in [-0.2, 0) is 12.3 Å². The summed E-state index contributed by atoms with van der Waals surface area (Å²) in [6.07, 6.45) is 1.75. The van der Waals surface area contributed by atoms with E-state index >= 15 is 0 Å². The van der Waals surface area contributed by atoms with E-state index in [0.717, 1.165) is 22.0 Å². The van der Waals surface area contributed by atoms with Crippen LogP contribution in [0.4, 0.5) is 4.39 Å². The zero-order chi connectivity index (χ0) is 13.0. The largest absolute Gasteiger partial charge is 0.326 e. The fourth-order valence-electron chi connectivity index (χ4n) is 1.51. The number of hydrogen-bond acceptors (Lipinski definition) is 4. The highest BCUT2D eigenvalue weighted by atomic mass is 32.2. The summed E-state index contributed by atoms with van der Waals surface area (Å²) < 4.78 is 13.0. The van der Waals surface area contributed by atoms with Gasteiger partial charge in [0.05, 0.1) is 5.75 Å². The van der Waals surface area contributed by atoms with Gasteiger partial charge in [-0.1, -0.05) is 6.07 Å². The van der Waals surface area contributed by atoms with Crippen LogP contribution >= 0.6 is 11.8 Å². The minimum Gasteiger partial charge on any atom is -0.326 e. The van der Waals surface area contributed by atoms with Gasteiger partial charge in [0.25, 0.3) is 0 Å².